The van der Waals surface area contributed by atoms with E-state index < -0.39 is 79.4 Å². The van der Waals surface area contributed by atoms with E-state index in [1.807, 2.05) is 190 Å². The lowest BCUT2D eigenvalue weighted by Gasteiger charge is -2.35. The van der Waals surface area contributed by atoms with Crippen molar-refractivity contribution in [2.45, 2.75) is 342 Å². The summed E-state index contributed by atoms with van der Waals surface area (Å²) in [7, 11) is 2.20. The van der Waals surface area contributed by atoms with Crippen molar-refractivity contribution < 1.29 is 97.2 Å². The first kappa shape index (κ1) is 126. The maximum absolute atomic E-state index is 13.4. The number of aliphatic hydroxyl groups excluding tert-OH is 4. The van der Waals surface area contributed by atoms with Crippen LogP contribution in [0, 0.1) is 88.9 Å². The van der Waals surface area contributed by atoms with E-state index in [1.165, 1.54) is 70.0 Å². The molecule has 808 valence electrons. The number of carbonyl (C=O) groups is 9. The molecule has 0 fully saturated rings. The Bertz CT molecular complexity index is 5890. The first-order chi connectivity index (χ1) is 67.9. The number of aliphatic carboxylic acids is 4. The fraction of sp³-hybridized carbons (Fsp3) is 0.533. The molecule has 0 aliphatic heterocycles. The first-order valence-electron chi connectivity index (χ1n) is 51.8. The molecule has 8 N–H and O–H groups in total. The molecule has 0 aliphatic carbocycles. The number of carbonyl (C=O) groups excluding carboxylic acids is 5. The zero-order valence-electron chi connectivity index (χ0n) is 94.8. The summed E-state index contributed by atoms with van der Waals surface area (Å²) in [4.78, 5) is 114. The van der Waals surface area contributed by atoms with Crippen LogP contribution in [0.2, 0.25) is 0 Å². The summed E-state index contributed by atoms with van der Waals surface area (Å²) in [6.45, 7) is 62.0. The number of sulfone groups is 1. The van der Waals surface area contributed by atoms with Crippen LogP contribution in [0.3, 0.4) is 0 Å². The smallest absolute Gasteiger partial charge is 0.323 e. The van der Waals surface area contributed by atoms with Crippen molar-refractivity contribution in [1.82, 2.24) is 19.6 Å². The SMILES string of the molecule is CCC(CC)(c1ccc(C(=O)C(C)C(O)C(C)(C)C)c(C)c1)c1ccc(C(=O)N(C)CC(=O)O)c(C)c1.CCC(CC)(c1ccc(C(=O)N(C)CC(=O)O)c(C)c1)c1ccc(S(=O)(=O)C(C)C(O)C(C)(C)C)c(C)c1.CCC(CC)(c1ccc(CC(C)C(O)C(C)(C)C)c(C)c1)c1ccc(C(=O)N(C)CC(=O)O)c(C)c1.CCC(CC)(c1ccc(OC(C)C(O)C(C)(C)C)c(C)c1)c1ccc(C(=O)N(C)CC(=O)O)c(C)c1. The fourth-order valence-electron chi connectivity index (χ4n) is 21.0. The minimum absolute atomic E-state index is 0.0609. The second-order valence-electron chi connectivity index (χ2n) is 45.3. The Kier molecular flexibility index (Phi) is 44.5. The van der Waals surface area contributed by atoms with Gasteiger partial charge in [-0.2, -0.15) is 0 Å². The van der Waals surface area contributed by atoms with Gasteiger partial charge in [0, 0.05) is 83.6 Å². The molecule has 0 aliphatic rings. The summed E-state index contributed by atoms with van der Waals surface area (Å²) in [5, 5.41) is 77.8. The number of ketones is 1. The molecular weight excluding hydrogens is 1870 g/mol. The van der Waals surface area contributed by atoms with E-state index in [9.17, 15) is 72.0 Å². The molecule has 4 amide bonds. The second kappa shape index (κ2) is 51.8. The monoisotopic (exact) mass is 2050 g/mol. The van der Waals surface area contributed by atoms with Crippen LogP contribution in [-0.4, -0.2) is 212 Å². The summed E-state index contributed by atoms with van der Waals surface area (Å²) >= 11 is 0. The predicted octanol–water partition coefficient (Wildman–Crippen LogP) is 22.8. The maximum atomic E-state index is 13.4. The Hall–Kier alpha value is -11.2. The number of hydrogen-bond donors (Lipinski definition) is 8. The third kappa shape index (κ3) is 30.1. The lowest BCUT2D eigenvalue weighted by atomic mass is 9.69. The van der Waals surface area contributed by atoms with Crippen molar-refractivity contribution in [1.29, 1.82) is 0 Å². The van der Waals surface area contributed by atoms with Crippen LogP contribution in [0.1, 0.15) is 364 Å². The largest absolute Gasteiger partial charge is 0.488 e. The molecule has 0 saturated carbocycles. The van der Waals surface area contributed by atoms with Crippen LogP contribution in [0.5, 0.6) is 5.75 Å². The lowest BCUT2D eigenvalue weighted by molar-refractivity contribution is -0.138. The Morgan fingerprint density at radius 1 is 0.306 bits per heavy atom. The Balaban J connectivity index is 0.000000345. The van der Waals surface area contributed by atoms with Crippen molar-refractivity contribution in [3.8, 4) is 5.75 Å². The van der Waals surface area contributed by atoms with E-state index in [1.54, 1.807) is 39.0 Å². The highest BCUT2D eigenvalue weighted by atomic mass is 32.2. The van der Waals surface area contributed by atoms with Gasteiger partial charge in [-0.15, -0.1) is 0 Å². The van der Waals surface area contributed by atoms with Gasteiger partial charge in [0.1, 0.15) is 38.0 Å². The molecule has 0 heterocycles. The van der Waals surface area contributed by atoms with Crippen molar-refractivity contribution >= 4 is 63.1 Å². The number of carboxylic acid groups (broad SMARTS) is 4. The van der Waals surface area contributed by atoms with Crippen LogP contribution >= 0.6 is 0 Å². The molecule has 147 heavy (non-hydrogen) atoms. The third-order valence-electron chi connectivity index (χ3n) is 30.7. The Morgan fingerprint density at radius 2 is 0.544 bits per heavy atom. The number of hydrogen-bond acceptors (Lipinski definition) is 16. The number of nitrogens with zero attached hydrogens (tertiary/aromatic N) is 4. The van der Waals surface area contributed by atoms with Crippen LogP contribution in [-0.2, 0) is 57.1 Å². The average Bonchev–Trinajstić information content (AvgIpc) is 0.765. The van der Waals surface area contributed by atoms with E-state index in [4.69, 9.17) is 25.2 Å². The Morgan fingerprint density at radius 3 is 0.782 bits per heavy atom. The number of aryl methyl sites for hydroxylation is 8. The van der Waals surface area contributed by atoms with Crippen molar-refractivity contribution in [3.05, 3.63) is 268 Å². The third-order valence-corrected chi connectivity index (χ3v) is 33.0. The highest BCUT2D eigenvalue weighted by Crippen LogP contribution is 2.47. The number of rotatable bonds is 40. The topological polar surface area (TPSA) is 372 Å². The van der Waals surface area contributed by atoms with E-state index in [0.29, 0.717) is 33.4 Å². The molecule has 24 nitrogen and oxygen atoms in total. The van der Waals surface area contributed by atoms with E-state index >= 15 is 0 Å². The molecule has 8 rings (SSSR count). The van der Waals surface area contributed by atoms with Crippen molar-refractivity contribution in [2.75, 3.05) is 54.4 Å². The van der Waals surface area contributed by atoms with E-state index in [0.717, 1.165) is 130 Å². The molecule has 0 spiro atoms. The van der Waals surface area contributed by atoms with Crippen LogP contribution in [0.15, 0.2) is 150 Å². The van der Waals surface area contributed by atoms with Gasteiger partial charge in [-0.3, -0.25) is 43.2 Å². The summed E-state index contributed by atoms with van der Waals surface area (Å²) in [6.07, 6.45) is 4.45. The number of likely N-dealkylation sites (N-methyl/N-ethyl adjacent to an activating group) is 4. The number of benzene rings is 8. The quantitative estimate of drug-likeness (QED) is 0.0165. The minimum Gasteiger partial charge on any atom is -0.488 e. The zero-order valence-corrected chi connectivity index (χ0v) is 95.7. The fourth-order valence-corrected chi connectivity index (χ4v) is 22.9. The summed E-state index contributed by atoms with van der Waals surface area (Å²) < 4.78 is 33.0. The molecule has 8 aromatic rings. The van der Waals surface area contributed by atoms with Gasteiger partial charge >= 0.3 is 23.9 Å². The molecular formula is C122H174N4O20S. The van der Waals surface area contributed by atoms with Crippen molar-refractivity contribution in [3.63, 3.8) is 0 Å². The standard InChI is InChI=1S/C31H43NO5.C31H45NO4.C30H43NO6S.C30H43NO5/c1-10-31(11-2,23-13-15-25(20(4)17-23)29(37)32(9)18-26(33)34)22-12-14-24(19(3)16-22)27(35)21(5)28(36)30(6,7)8;1-10-31(11-2,25-14-15-26(21(4)18-25)29(36)32(9)19-27(33)34)24-13-12-23(20(3)17-24)16-22(5)28(35)30(6,7)8;1-10-30(11-2,22-12-14-24(19(3)16-22)28(35)31(9)18-26(32)33)23-13-15-25(20(4)17-23)38(36,37)21(5)27(34)29(6,7)8;1-10-30(11-2,22-12-14-24(19(3)16-22)28(35)31(9)18-26(32)33)23-13-15-25(20(4)17-23)36-21(5)27(34)29(6,7)8/h12-17,21,28,36H,10-11,18H2,1-9H3,(H,33,34);12-15,17-18,22,28,35H,10-11,16,19H2,1-9H3,(H,33,34);12-17,21,27,34H,10-11,18H2,1-9H3,(H,32,33);12-17,21,27,34H,10-11,18H2,1-9H3,(H,32,33). The number of carboxylic acids is 4. The molecule has 25 heteroatoms. The van der Waals surface area contributed by atoms with Gasteiger partial charge in [0.05, 0.1) is 34.6 Å². The van der Waals surface area contributed by atoms with Gasteiger partial charge in [-0.05, 0) is 286 Å². The predicted molar refractivity (Wildman–Crippen MR) is 588 cm³/mol. The minimum atomic E-state index is -3.77. The summed E-state index contributed by atoms with van der Waals surface area (Å²) in [6, 6.07) is 47.5. The number of Topliss-reactive ketones (excluding diaryl/α,β-unsaturated/α-hetero) is 1. The van der Waals surface area contributed by atoms with Crippen molar-refractivity contribution in [2.24, 2.45) is 33.5 Å². The number of amides is 4. The molecule has 0 saturated heterocycles. The van der Waals surface area contributed by atoms with Gasteiger partial charge in [0.2, 0.25) is 0 Å². The van der Waals surface area contributed by atoms with Gasteiger partial charge in [-0.1, -0.05) is 262 Å². The zero-order chi connectivity index (χ0) is 112. The first-order valence-corrected chi connectivity index (χ1v) is 53.4. The van der Waals surface area contributed by atoms with Gasteiger partial charge in [0.25, 0.3) is 23.6 Å². The van der Waals surface area contributed by atoms with Crippen LogP contribution in [0.4, 0.5) is 0 Å². The van der Waals surface area contributed by atoms with Gasteiger partial charge < -0.3 is 65.2 Å². The number of ether oxygens (including phenoxy) is 1. The van der Waals surface area contributed by atoms with Gasteiger partial charge in [0.15, 0.2) is 15.6 Å². The maximum Gasteiger partial charge on any atom is 0.323 e. The molecule has 0 radical (unpaired) electrons. The molecule has 8 unspecified atom stereocenters. The summed E-state index contributed by atoms with van der Waals surface area (Å²) in [5.74, 6) is -5.13. The molecule has 8 aromatic carbocycles. The highest BCUT2D eigenvalue weighted by molar-refractivity contribution is 7.92. The second-order valence-corrected chi connectivity index (χ2v) is 47.6. The van der Waals surface area contributed by atoms with E-state index in [-0.39, 0.29) is 106 Å². The lowest BCUT2D eigenvalue weighted by Crippen LogP contribution is -2.40. The van der Waals surface area contributed by atoms with Crippen LogP contribution < -0.4 is 4.74 Å². The normalized spacial score (nSPS) is 13.9. The van der Waals surface area contributed by atoms with E-state index in [2.05, 4.69) is 139 Å². The molecule has 0 bridgehead atoms. The van der Waals surface area contributed by atoms with Gasteiger partial charge in [-0.25, -0.2) is 8.42 Å². The molecule has 8 atom stereocenters. The van der Waals surface area contributed by atoms with Crippen LogP contribution in [0.25, 0.3) is 0 Å². The Labute approximate surface area is 877 Å². The average molecular weight is 2050 g/mol. The highest BCUT2D eigenvalue weighted by Gasteiger charge is 2.43. The number of aliphatic hydroxyl groups is 4. The summed E-state index contributed by atoms with van der Waals surface area (Å²) in [5.41, 5.74) is 17.1. The molecule has 0 aromatic heterocycles.